The zero-order valence-corrected chi connectivity index (χ0v) is 11.3. The van der Waals surface area contributed by atoms with Gasteiger partial charge in [0.05, 0.1) is 18.8 Å². The normalized spacial score (nSPS) is 16.1. The second-order valence-corrected chi connectivity index (χ2v) is 4.36. The molecule has 0 aliphatic rings. The van der Waals surface area contributed by atoms with Crippen LogP contribution in [0.3, 0.4) is 0 Å². The molecule has 0 aromatic heterocycles. The Balaban J connectivity index is 3.27. The lowest BCUT2D eigenvalue weighted by atomic mass is 9.87. The molecular weight excluding hydrogens is 235 g/mol. The number of halogens is 1. The Labute approximate surface area is 107 Å². The number of hydrazine groups is 1. The summed E-state index contributed by atoms with van der Waals surface area (Å²) in [6.07, 6.45) is 0.720. The number of hydrogen-bond acceptors (Lipinski definition) is 4. The van der Waals surface area contributed by atoms with Crippen molar-refractivity contribution >= 4 is 0 Å². The largest absolute Gasteiger partial charge is 0.496 e. The molecule has 2 atom stereocenters. The molecule has 0 radical (unpaired) electrons. The lowest BCUT2D eigenvalue weighted by Crippen LogP contribution is -2.45. The van der Waals surface area contributed by atoms with Crippen molar-refractivity contribution in [3.8, 4) is 5.75 Å². The molecule has 0 heterocycles. The number of ether oxygens (including phenoxy) is 2. The van der Waals surface area contributed by atoms with Crippen LogP contribution < -0.4 is 16.0 Å². The molecule has 4 nitrogen and oxygen atoms in total. The standard InChI is InChI=1S/C13H21FN2O2/c1-5-13(2,18-4)12(16-15)10-8-9(14)6-7-11(10)17-3/h6-8,12,16H,5,15H2,1-4H3. The van der Waals surface area contributed by atoms with E-state index in [1.54, 1.807) is 20.3 Å². The fourth-order valence-corrected chi connectivity index (χ4v) is 1.99. The van der Waals surface area contributed by atoms with E-state index in [0.29, 0.717) is 11.3 Å². The molecule has 0 bridgehead atoms. The first-order valence-corrected chi connectivity index (χ1v) is 5.87. The molecule has 0 amide bonds. The van der Waals surface area contributed by atoms with Crippen molar-refractivity contribution in [2.75, 3.05) is 14.2 Å². The Bertz CT molecular complexity index is 395. The van der Waals surface area contributed by atoms with Gasteiger partial charge in [0.15, 0.2) is 0 Å². The molecule has 18 heavy (non-hydrogen) atoms. The van der Waals surface area contributed by atoms with Crippen molar-refractivity contribution in [2.24, 2.45) is 5.84 Å². The topological polar surface area (TPSA) is 56.5 Å². The Kier molecular flexibility index (Phi) is 5.07. The van der Waals surface area contributed by atoms with Crippen LogP contribution in [-0.2, 0) is 4.74 Å². The summed E-state index contributed by atoms with van der Waals surface area (Å²) < 4.78 is 24.2. The molecule has 1 rings (SSSR count). The minimum absolute atomic E-state index is 0.333. The minimum atomic E-state index is -0.546. The van der Waals surface area contributed by atoms with Gasteiger partial charge < -0.3 is 9.47 Å². The summed E-state index contributed by atoms with van der Waals surface area (Å²) in [7, 11) is 3.15. The van der Waals surface area contributed by atoms with Crippen LogP contribution in [0.2, 0.25) is 0 Å². The monoisotopic (exact) mass is 256 g/mol. The van der Waals surface area contributed by atoms with Crippen molar-refractivity contribution < 1.29 is 13.9 Å². The second-order valence-electron chi connectivity index (χ2n) is 4.36. The SMILES string of the molecule is CCC(C)(OC)C(NN)c1cc(F)ccc1OC. The Morgan fingerprint density at radius 1 is 1.44 bits per heavy atom. The number of nitrogens with one attached hydrogen (secondary N) is 1. The predicted molar refractivity (Wildman–Crippen MR) is 68.7 cm³/mol. The minimum Gasteiger partial charge on any atom is -0.496 e. The lowest BCUT2D eigenvalue weighted by molar-refractivity contribution is -0.0306. The molecule has 5 heteroatoms. The van der Waals surface area contributed by atoms with Crippen molar-refractivity contribution in [1.82, 2.24) is 5.43 Å². The molecule has 0 saturated heterocycles. The molecule has 3 N–H and O–H groups in total. The fourth-order valence-electron chi connectivity index (χ4n) is 1.99. The van der Waals surface area contributed by atoms with E-state index < -0.39 is 5.60 Å². The average molecular weight is 256 g/mol. The molecule has 0 aliphatic heterocycles. The van der Waals surface area contributed by atoms with Gasteiger partial charge in [-0.25, -0.2) is 9.82 Å². The van der Waals surface area contributed by atoms with E-state index in [2.05, 4.69) is 5.43 Å². The van der Waals surface area contributed by atoms with Gasteiger partial charge in [-0.15, -0.1) is 0 Å². The van der Waals surface area contributed by atoms with Crippen molar-refractivity contribution in [1.29, 1.82) is 0 Å². The van der Waals surface area contributed by atoms with Crippen LogP contribution >= 0.6 is 0 Å². The van der Waals surface area contributed by atoms with E-state index >= 15 is 0 Å². The lowest BCUT2D eigenvalue weighted by Gasteiger charge is -2.36. The van der Waals surface area contributed by atoms with Gasteiger partial charge in [-0.05, 0) is 31.5 Å². The average Bonchev–Trinajstić information content (AvgIpc) is 2.39. The maximum atomic E-state index is 13.4. The van der Waals surface area contributed by atoms with Gasteiger partial charge in [-0.1, -0.05) is 6.92 Å². The van der Waals surface area contributed by atoms with Gasteiger partial charge in [0.1, 0.15) is 11.6 Å². The number of nitrogens with two attached hydrogens (primary N) is 1. The molecule has 2 unspecified atom stereocenters. The number of hydrogen-bond donors (Lipinski definition) is 2. The first-order valence-electron chi connectivity index (χ1n) is 5.87. The van der Waals surface area contributed by atoms with Crippen molar-refractivity contribution in [2.45, 2.75) is 31.9 Å². The Morgan fingerprint density at radius 2 is 2.11 bits per heavy atom. The fraction of sp³-hybridized carbons (Fsp3) is 0.538. The van der Waals surface area contributed by atoms with E-state index in [1.165, 1.54) is 12.1 Å². The van der Waals surface area contributed by atoms with Crippen LogP contribution in [0.15, 0.2) is 18.2 Å². The Morgan fingerprint density at radius 3 is 2.56 bits per heavy atom. The number of benzene rings is 1. The second kappa shape index (κ2) is 6.13. The van der Waals surface area contributed by atoms with E-state index in [4.69, 9.17) is 15.3 Å². The summed E-state index contributed by atoms with van der Waals surface area (Å²) in [6, 6.07) is 3.99. The first kappa shape index (κ1) is 14.9. The maximum absolute atomic E-state index is 13.4. The van der Waals surface area contributed by atoms with Crippen LogP contribution in [0.1, 0.15) is 31.9 Å². The van der Waals surface area contributed by atoms with Gasteiger partial charge >= 0.3 is 0 Å². The number of methoxy groups -OCH3 is 2. The summed E-state index contributed by atoms with van der Waals surface area (Å²) >= 11 is 0. The van der Waals surface area contributed by atoms with Gasteiger partial charge in [0, 0.05) is 12.7 Å². The van der Waals surface area contributed by atoms with Crippen LogP contribution in [0.25, 0.3) is 0 Å². The zero-order valence-electron chi connectivity index (χ0n) is 11.3. The zero-order chi connectivity index (χ0) is 13.8. The van der Waals surface area contributed by atoms with Crippen LogP contribution in [0.4, 0.5) is 4.39 Å². The highest BCUT2D eigenvalue weighted by Gasteiger charge is 2.35. The summed E-state index contributed by atoms with van der Waals surface area (Å²) in [5.41, 5.74) is 2.79. The summed E-state index contributed by atoms with van der Waals surface area (Å²) in [4.78, 5) is 0. The summed E-state index contributed by atoms with van der Waals surface area (Å²) in [5, 5.41) is 0. The van der Waals surface area contributed by atoms with Crippen LogP contribution in [0, 0.1) is 5.82 Å². The smallest absolute Gasteiger partial charge is 0.124 e. The first-order chi connectivity index (χ1) is 8.52. The van der Waals surface area contributed by atoms with Crippen molar-refractivity contribution in [3.05, 3.63) is 29.6 Å². The van der Waals surface area contributed by atoms with E-state index in [0.717, 1.165) is 6.42 Å². The van der Waals surface area contributed by atoms with Crippen molar-refractivity contribution in [3.63, 3.8) is 0 Å². The summed E-state index contributed by atoms with van der Waals surface area (Å²) in [5.74, 6) is 5.85. The molecule has 0 spiro atoms. The molecule has 102 valence electrons. The summed E-state index contributed by atoms with van der Waals surface area (Å²) in [6.45, 7) is 3.90. The van der Waals surface area contributed by atoms with Gasteiger partial charge in [0.25, 0.3) is 0 Å². The third kappa shape index (κ3) is 2.80. The van der Waals surface area contributed by atoms with Gasteiger partial charge in [-0.2, -0.15) is 0 Å². The molecule has 0 saturated carbocycles. The van der Waals surface area contributed by atoms with E-state index in [1.807, 2.05) is 13.8 Å². The van der Waals surface area contributed by atoms with Crippen LogP contribution in [0.5, 0.6) is 5.75 Å². The van der Waals surface area contributed by atoms with Gasteiger partial charge in [0.2, 0.25) is 0 Å². The van der Waals surface area contributed by atoms with E-state index in [-0.39, 0.29) is 11.9 Å². The molecule has 0 fully saturated rings. The highest BCUT2D eigenvalue weighted by Crippen LogP contribution is 2.36. The van der Waals surface area contributed by atoms with E-state index in [9.17, 15) is 4.39 Å². The highest BCUT2D eigenvalue weighted by molar-refractivity contribution is 5.38. The maximum Gasteiger partial charge on any atom is 0.124 e. The molecular formula is C13H21FN2O2. The van der Waals surface area contributed by atoms with Crippen LogP contribution in [-0.4, -0.2) is 19.8 Å². The third-order valence-electron chi connectivity index (χ3n) is 3.45. The third-order valence-corrected chi connectivity index (χ3v) is 3.45. The Hall–Kier alpha value is -1.17. The van der Waals surface area contributed by atoms with Gasteiger partial charge in [-0.3, -0.25) is 5.84 Å². The quantitative estimate of drug-likeness (QED) is 0.605. The molecule has 1 aromatic carbocycles. The number of rotatable bonds is 6. The molecule has 0 aliphatic carbocycles. The molecule has 1 aromatic rings. The highest BCUT2D eigenvalue weighted by atomic mass is 19.1. The predicted octanol–water partition coefficient (Wildman–Crippen LogP) is 2.15.